The second-order valence-electron chi connectivity index (χ2n) is 10.3. The van der Waals surface area contributed by atoms with Crippen LogP contribution < -0.4 is 15.5 Å². The number of aromatic nitrogens is 4. The van der Waals surface area contributed by atoms with Crippen LogP contribution >= 0.6 is 0 Å². The molecule has 3 aliphatic heterocycles. The number of amides is 1. The molecule has 0 aliphatic carbocycles. The molecular weight excluding hydrogens is 436 g/mol. The van der Waals surface area contributed by atoms with Crippen molar-refractivity contribution in [3.05, 3.63) is 18.0 Å². The maximum absolute atomic E-state index is 12.5. The number of nitrogen functional groups attached to an aromatic ring is 1. The van der Waals surface area contributed by atoms with E-state index >= 15 is 0 Å². The van der Waals surface area contributed by atoms with E-state index in [4.69, 9.17) is 25.2 Å². The van der Waals surface area contributed by atoms with Crippen molar-refractivity contribution in [1.82, 2.24) is 24.8 Å². The Morgan fingerprint density at radius 2 is 1.79 bits per heavy atom. The number of nitrogens with zero attached hydrogens (tertiary/aromatic N) is 7. The fourth-order valence-corrected chi connectivity index (χ4v) is 4.78. The van der Waals surface area contributed by atoms with Crippen LogP contribution in [-0.2, 0) is 15.9 Å². The van der Waals surface area contributed by atoms with E-state index in [1.807, 2.05) is 20.8 Å². The molecule has 2 aromatic heterocycles. The number of hydrogen-bond acceptors (Lipinski definition) is 10. The highest BCUT2D eigenvalue weighted by Gasteiger charge is 2.49. The van der Waals surface area contributed by atoms with Crippen LogP contribution in [0.15, 0.2) is 12.4 Å². The zero-order chi connectivity index (χ0) is 24.1. The standard InChI is InChI=1S/C23H32N8O3/c1-22(2,3)34-21(32)30-13-23(4,14-30)31-6-5-16-17(15-11-25-19(24)26-12-15)27-20(28-18(16)31)29-7-9-33-10-8-29/h11-12H,5-10,13-14H2,1-4H3,(H2,24,25,26). The molecule has 0 spiro atoms. The van der Waals surface area contributed by atoms with E-state index in [0.29, 0.717) is 32.3 Å². The number of likely N-dealkylation sites (tertiary alicyclic amines) is 1. The molecule has 0 radical (unpaired) electrons. The molecule has 5 heterocycles. The predicted octanol–water partition coefficient (Wildman–Crippen LogP) is 1.72. The molecular formula is C23H32N8O3. The molecule has 2 fully saturated rings. The van der Waals surface area contributed by atoms with Gasteiger partial charge in [-0.15, -0.1) is 0 Å². The van der Waals surface area contributed by atoms with Crippen molar-refractivity contribution in [1.29, 1.82) is 0 Å². The summed E-state index contributed by atoms with van der Waals surface area (Å²) in [5, 5.41) is 0. The van der Waals surface area contributed by atoms with Gasteiger partial charge in [0, 0.05) is 56.2 Å². The molecule has 11 nitrogen and oxygen atoms in total. The van der Waals surface area contributed by atoms with Crippen LogP contribution in [0.4, 0.5) is 22.5 Å². The molecule has 2 aromatic rings. The molecule has 11 heteroatoms. The van der Waals surface area contributed by atoms with Gasteiger partial charge >= 0.3 is 6.09 Å². The van der Waals surface area contributed by atoms with Gasteiger partial charge in [0.1, 0.15) is 11.4 Å². The van der Waals surface area contributed by atoms with Crippen molar-refractivity contribution in [3.8, 4) is 11.3 Å². The summed E-state index contributed by atoms with van der Waals surface area (Å²) < 4.78 is 11.1. The normalized spacial score (nSPS) is 19.6. The zero-order valence-electron chi connectivity index (χ0n) is 20.2. The van der Waals surface area contributed by atoms with Crippen LogP contribution in [0.2, 0.25) is 0 Å². The molecule has 1 amide bonds. The van der Waals surface area contributed by atoms with Crippen LogP contribution in [-0.4, -0.2) is 88.0 Å². The van der Waals surface area contributed by atoms with E-state index in [-0.39, 0.29) is 17.6 Å². The third-order valence-electron chi connectivity index (χ3n) is 6.42. The second-order valence-corrected chi connectivity index (χ2v) is 10.3. The van der Waals surface area contributed by atoms with Crippen LogP contribution in [0.3, 0.4) is 0 Å². The highest BCUT2D eigenvalue weighted by atomic mass is 16.6. The van der Waals surface area contributed by atoms with Gasteiger partial charge in [0.2, 0.25) is 11.9 Å². The number of fused-ring (bicyclic) bond motifs is 1. The Hall–Kier alpha value is -3.21. The van der Waals surface area contributed by atoms with Gasteiger partial charge in [-0.3, -0.25) is 0 Å². The number of morpholine rings is 1. The third-order valence-corrected chi connectivity index (χ3v) is 6.42. The molecule has 5 rings (SSSR count). The molecule has 34 heavy (non-hydrogen) atoms. The molecule has 2 N–H and O–H groups in total. The maximum Gasteiger partial charge on any atom is 0.410 e. The van der Waals surface area contributed by atoms with Crippen molar-refractivity contribution in [2.24, 2.45) is 0 Å². The first-order chi connectivity index (χ1) is 16.1. The SMILES string of the molecule is CC(C)(C)OC(=O)N1CC(C)(N2CCc3c(-c4cnc(N)nc4)nc(N4CCOCC4)nc32)C1. The van der Waals surface area contributed by atoms with Gasteiger partial charge in [0.05, 0.1) is 24.4 Å². The summed E-state index contributed by atoms with van der Waals surface area (Å²) >= 11 is 0. The van der Waals surface area contributed by atoms with Crippen LogP contribution in [0.1, 0.15) is 33.3 Å². The van der Waals surface area contributed by atoms with Crippen LogP contribution in [0, 0.1) is 0 Å². The van der Waals surface area contributed by atoms with E-state index in [1.165, 1.54) is 0 Å². The smallest absolute Gasteiger partial charge is 0.410 e. The van der Waals surface area contributed by atoms with Gasteiger partial charge < -0.3 is 29.9 Å². The van der Waals surface area contributed by atoms with E-state index in [9.17, 15) is 4.79 Å². The van der Waals surface area contributed by atoms with Gasteiger partial charge in [-0.2, -0.15) is 4.98 Å². The Balaban J connectivity index is 1.46. The molecule has 0 atom stereocenters. The average molecular weight is 469 g/mol. The van der Waals surface area contributed by atoms with E-state index in [2.05, 4.69) is 26.7 Å². The number of carbonyl (C=O) groups is 1. The van der Waals surface area contributed by atoms with Gasteiger partial charge in [-0.1, -0.05) is 0 Å². The van der Waals surface area contributed by atoms with Gasteiger partial charge in [-0.25, -0.2) is 19.7 Å². The Labute approximate surface area is 199 Å². The van der Waals surface area contributed by atoms with E-state index in [1.54, 1.807) is 17.3 Å². The Morgan fingerprint density at radius 1 is 1.12 bits per heavy atom. The number of hydrogen-bond donors (Lipinski definition) is 1. The van der Waals surface area contributed by atoms with Gasteiger partial charge in [0.25, 0.3) is 0 Å². The lowest BCUT2D eigenvalue weighted by Gasteiger charge is -2.53. The summed E-state index contributed by atoms with van der Waals surface area (Å²) in [4.78, 5) is 37.1. The number of rotatable bonds is 3. The van der Waals surface area contributed by atoms with Crippen molar-refractivity contribution >= 4 is 23.8 Å². The quantitative estimate of drug-likeness (QED) is 0.712. The first-order valence-corrected chi connectivity index (χ1v) is 11.7. The van der Waals surface area contributed by atoms with Gasteiger partial charge in [0.15, 0.2) is 0 Å². The lowest BCUT2D eigenvalue weighted by Crippen LogP contribution is -2.70. The molecule has 2 saturated heterocycles. The minimum absolute atomic E-state index is 0.228. The van der Waals surface area contributed by atoms with Crippen LogP contribution in [0.25, 0.3) is 11.3 Å². The third kappa shape index (κ3) is 4.20. The number of carbonyl (C=O) groups excluding carboxylic acids is 1. The van der Waals surface area contributed by atoms with E-state index < -0.39 is 5.60 Å². The summed E-state index contributed by atoms with van der Waals surface area (Å²) in [5.74, 6) is 1.82. The average Bonchev–Trinajstić information content (AvgIpc) is 3.21. The van der Waals surface area contributed by atoms with Crippen molar-refractivity contribution in [2.75, 3.05) is 61.5 Å². The fourth-order valence-electron chi connectivity index (χ4n) is 4.78. The van der Waals surface area contributed by atoms with Crippen LogP contribution in [0.5, 0.6) is 0 Å². The Kier molecular flexibility index (Phi) is 5.46. The molecule has 182 valence electrons. The van der Waals surface area contributed by atoms with Crippen molar-refractivity contribution in [2.45, 2.75) is 45.3 Å². The van der Waals surface area contributed by atoms with Crippen molar-refractivity contribution in [3.63, 3.8) is 0 Å². The fraction of sp³-hybridized carbons (Fsp3) is 0.609. The lowest BCUT2D eigenvalue weighted by molar-refractivity contribution is -0.00600. The summed E-state index contributed by atoms with van der Waals surface area (Å²) in [6.45, 7) is 12.6. The summed E-state index contributed by atoms with van der Waals surface area (Å²) in [7, 11) is 0. The minimum Gasteiger partial charge on any atom is -0.444 e. The molecule has 0 bridgehead atoms. The highest BCUT2D eigenvalue weighted by molar-refractivity contribution is 5.75. The number of nitrogens with two attached hydrogens (primary N) is 1. The Morgan fingerprint density at radius 3 is 2.44 bits per heavy atom. The minimum atomic E-state index is -0.514. The largest absolute Gasteiger partial charge is 0.444 e. The van der Waals surface area contributed by atoms with E-state index in [0.717, 1.165) is 48.7 Å². The monoisotopic (exact) mass is 468 g/mol. The number of ether oxygens (including phenoxy) is 2. The summed E-state index contributed by atoms with van der Waals surface area (Å²) in [6.07, 6.45) is 3.96. The first kappa shape index (κ1) is 22.6. The number of anilines is 3. The highest BCUT2D eigenvalue weighted by Crippen LogP contribution is 2.41. The van der Waals surface area contributed by atoms with Gasteiger partial charge in [-0.05, 0) is 34.1 Å². The summed E-state index contributed by atoms with van der Waals surface area (Å²) in [6, 6.07) is 0. The second kappa shape index (κ2) is 8.23. The van der Waals surface area contributed by atoms with Crippen molar-refractivity contribution < 1.29 is 14.3 Å². The molecule has 0 aromatic carbocycles. The first-order valence-electron chi connectivity index (χ1n) is 11.7. The molecule has 0 unspecified atom stereocenters. The predicted molar refractivity (Wildman–Crippen MR) is 128 cm³/mol. The zero-order valence-corrected chi connectivity index (χ0v) is 20.2. The Bertz CT molecular complexity index is 1070. The maximum atomic E-state index is 12.5. The lowest BCUT2D eigenvalue weighted by atomic mass is 9.90. The molecule has 0 saturated carbocycles. The molecule has 3 aliphatic rings. The summed E-state index contributed by atoms with van der Waals surface area (Å²) in [5.41, 5.74) is 7.70. The topological polar surface area (TPSA) is 123 Å².